The molecule has 0 aliphatic rings. The van der Waals surface area contributed by atoms with Gasteiger partial charge in [0.2, 0.25) is 5.91 Å². The Balaban J connectivity index is 1.70. The summed E-state index contributed by atoms with van der Waals surface area (Å²) in [6.07, 6.45) is 3.44. The molecule has 0 aliphatic carbocycles. The van der Waals surface area contributed by atoms with Gasteiger partial charge in [-0.3, -0.25) is 4.79 Å². The second-order valence-corrected chi connectivity index (χ2v) is 5.31. The van der Waals surface area contributed by atoms with Crippen molar-refractivity contribution in [3.05, 3.63) is 77.6 Å². The third kappa shape index (κ3) is 6.45. The standard InChI is InChI=1S/C19H20FNO2/c20-17-10-4-8-15(12-17)9-5-11-19(23)21-14-18(22)13-16-6-2-1-3-7-16/h1-10,12,18,22H,11,13-14H2,(H,21,23)/b9-5+. The Morgan fingerprint density at radius 1 is 1.17 bits per heavy atom. The molecule has 3 nitrogen and oxygen atoms in total. The highest BCUT2D eigenvalue weighted by Crippen LogP contribution is 2.06. The fourth-order valence-corrected chi connectivity index (χ4v) is 2.17. The van der Waals surface area contributed by atoms with Crippen molar-refractivity contribution >= 4 is 12.0 Å². The van der Waals surface area contributed by atoms with E-state index in [0.29, 0.717) is 12.0 Å². The first-order valence-electron chi connectivity index (χ1n) is 7.54. The lowest BCUT2D eigenvalue weighted by molar-refractivity contribution is -0.120. The number of carbonyl (C=O) groups is 1. The highest BCUT2D eigenvalue weighted by Gasteiger charge is 2.07. The first-order chi connectivity index (χ1) is 11.1. The zero-order chi connectivity index (χ0) is 16.5. The van der Waals surface area contributed by atoms with Crippen LogP contribution in [0.2, 0.25) is 0 Å². The molecule has 120 valence electrons. The number of hydrogen-bond donors (Lipinski definition) is 2. The smallest absolute Gasteiger partial charge is 0.223 e. The summed E-state index contributed by atoms with van der Waals surface area (Å²) in [5, 5.41) is 12.6. The molecule has 0 saturated carbocycles. The molecule has 0 saturated heterocycles. The highest BCUT2D eigenvalue weighted by molar-refractivity contribution is 5.78. The molecular weight excluding hydrogens is 293 g/mol. The minimum absolute atomic E-state index is 0.176. The Bertz CT molecular complexity index is 655. The maximum Gasteiger partial charge on any atom is 0.223 e. The Morgan fingerprint density at radius 2 is 1.96 bits per heavy atom. The zero-order valence-corrected chi connectivity index (χ0v) is 12.8. The van der Waals surface area contributed by atoms with Gasteiger partial charge in [-0.2, -0.15) is 0 Å². The molecule has 2 aromatic rings. The first kappa shape index (κ1) is 16.9. The first-order valence-corrected chi connectivity index (χ1v) is 7.54. The number of halogens is 1. The Kier molecular flexibility index (Phi) is 6.51. The van der Waals surface area contributed by atoms with Crippen LogP contribution in [0.4, 0.5) is 4.39 Å². The van der Waals surface area contributed by atoms with Crippen molar-refractivity contribution < 1.29 is 14.3 Å². The van der Waals surface area contributed by atoms with Gasteiger partial charge in [-0.25, -0.2) is 4.39 Å². The molecule has 4 heteroatoms. The summed E-state index contributed by atoms with van der Waals surface area (Å²) in [5.74, 6) is -0.481. The van der Waals surface area contributed by atoms with Crippen LogP contribution >= 0.6 is 0 Å². The molecule has 1 unspecified atom stereocenters. The molecule has 0 bridgehead atoms. The van der Waals surface area contributed by atoms with Gasteiger partial charge in [0.25, 0.3) is 0 Å². The number of aliphatic hydroxyl groups excluding tert-OH is 1. The maximum absolute atomic E-state index is 13.0. The molecule has 0 heterocycles. The van der Waals surface area contributed by atoms with E-state index in [2.05, 4.69) is 5.32 Å². The number of aliphatic hydroxyl groups is 1. The number of hydrogen-bond acceptors (Lipinski definition) is 2. The van der Waals surface area contributed by atoms with Crippen molar-refractivity contribution in [2.24, 2.45) is 0 Å². The van der Waals surface area contributed by atoms with E-state index in [0.717, 1.165) is 5.56 Å². The quantitative estimate of drug-likeness (QED) is 0.825. The summed E-state index contributed by atoms with van der Waals surface area (Å²) in [6, 6.07) is 15.8. The van der Waals surface area contributed by atoms with Crippen molar-refractivity contribution in [2.75, 3.05) is 6.54 Å². The third-order valence-corrected chi connectivity index (χ3v) is 3.31. The molecule has 2 rings (SSSR count). The summed E-state index contributed by atoms with van der Waals surface area (Å²) in [6.45, 7) is 0.210. The van der Waals surface area contributed by atoms with Gasteiger partial charge < -0.3 is 10.4 Å². The van der Waals surface area contributed by atoms with E-state index >= 15 is 0 Å². The van der Waals surface area contributed by atoms with Crippen LogP contribution < -0.4 is 5.32 Å². The van der Waals surface area contributed by atoms with Crippen LogP contribution in [0.5, 0.6) is 0 Å². The van der Waals surface area contributed by atoms with Crippen LogP contribution in [0.1, 0.15) is 17.5 Å². The maximum atomic E-state index is 13.0. The molecule has 0 fully saturated rings. The van der Waals surface area contributed by atoms with Crippen LogP contribution in [-0.2, 0) is 11.2 Å². The summed E-state index contributed by atoms with van der Waals surface area (Å²) >= 11 is 0. The zero-order valence-electron chi connectivity index (χ0n) is 12.8. The fraction of sp³-hybridized carbons (Fsp3) is 0.211. The summed E-state index contributed by atoms with van der Waals surface area (Å²) in [5.41, 5.74) is 1.74. The summed E-state index contributed by atoms with van der Waals surface area (Å²) in [4.78, 5) is 11.7. The van der Waals surface area contributed by atoms with E-state index in [1.807, 2.05) is 30.3 Å². The van der Waals surface area contributed by atoms with E-state index in [4.69, 9.17) is 0 Å². The van der Waals surface area contributed by atoms with Gasteiger partial charge in [-0.05, 0) is 23.3 Å². The SMILES string of the molecule is O=C(C/C=C/c1cccc(F)c1)NCC(O)Cc1ccccc1. The van der Waals surface area contributed by atoms with Crippen molar-refractivity contribution in [1.29, 1.82) is 0 Å². The van der Waals surface area contributed by atoms with Gasteiger partial charge >= 0.3 is 0 Å². The lowest BCUT2D eigenvalue weighted by Crippen LogP contribution is -2.32. The molecule has 1 amide bonds. The molecule has 1 atom stereocenters. The molecule has 2 aromatic carbocycles. The lowest BCUT2D eigenvalue weighted by Gasteiger charge is -2.11. The monoisotopic (exact) mass is 313 g/mol. The second kappa shape index (κ2) is 8.86. The van der Waals surface area contributed by atoms with Gasteiger partial charge in [-0.15, -0.1) is 0 Å². The van der Waals surface area contributed by atoms with Crippen LogP contribution in [0.15, 0.2) is 60.7 Å². The molecule has 0 spiro atoms. The van der Waals surface area contributed by atoms with E-state index in [9.17, 15) is 14.3 Å². The molecular formula is C19H20FNO2. The van der Waals surface area contributed by atoms with Crippen molar-refractivity contribution in [3.8, 4) is 0 Å². The molecule has 23 heavy (non-hydrogen) atoms. The van der Waals surface area contributed by atoms with Crippen LogP contribution in [-0.4, -0.2) is 23.7 Å². The normalized spacial score (nSPS) is 12.3. The Hall–Kier alpha value is -2.46. The number of nitrogens with one attached hydrogen (secondary N) is 1. The topological polar surface area (TPSA) is 49.3 Å². The van der Waals surface area contributed by atoms with Gasteiger partial charge in [0, 0.05) is 19.4 Å². The van der Waals surface area contributed by atoms with Crippen LogP contribution in [0.25, 0.3) is 6.08 Å². The van der Waals surface area contributed by atoms with E-state index in [-0.39, 0.29) is 24.7 Å². The number of benzene rings is 2. The second-order valence-electron chi connectivity index (χ2n) is 5.31. The van der Waals surface area contributed by atoms with Crippen molar-refractivity contribution in [2.45, 2.75) is 18.9 Å². The summed E-state index contributed by atoms with van der Waals surface area (Å²) < 4.78 is 13.0. The molecule has 2 N–H and O–H groups in total. The van der Waals surface area contributed by atoms with E-state index in [1.54, 1.807) is 24.3 Å². The molecule has 0 radical (unpaired) electrons. The van der Waals surface area contributed by atoms with E-state index in [1.165, 1.54) is 12.1 Å². The highest BCUT2D eigenvalue weighted by atomic mass is 19.1. The van der Waals surface area contributed by atoms with Crippen molar-refractivity contribution in [1.82, 2.24) is 5.32 Å². The fourth-order valence-electron chi connectivity index (χ4n) is 2.17. The van der Waals surface area contributed by atoms with Crippen molar-refractivity contribution in [3.63, 3.8) is 0 Å². The minimum atomic E-state index is -0.617. The Morgan fingerprint density at radius 3 is 2.70 bits per heavy atom. The van der Waals surface area contributed by atoms with Crippen LogP contribution in [0, 0.1) is 5.82 Å². The number of carbonyl (C=O) groups excluding carboxylic acids is 1. The van der Waals surface area contributed by atoms with Gasteiger partial charge in [0.15, 0.2) is 0 Å². The van der Waals surface area contributed by atoms with Gasteiger partial charge in [0.05, 0.1) is 6.10 Å². The average molecular weight is 313 g/mol. The molecule has 0 aromatic heterocycles. The van der Waals surface area contributed by atoms with Gasteiger partial charge in [0.1, 0.15) is 5.82 Å². The Labute approximate surface area is 135 Å². The molecule has 0 aliphatic heterocycles. The number of amides is 1. The average Bonchev–Trinajstić information content (AvgIpc) is 2.54. The minimum Gasteiger partial charge on any atom is -0.391 e. The number of rotatable bonds is 7. The summed E-state index contributed by atoms with van der Waals surface area (Å²) in [7, 11) is 0. The predicted octanol–water partition coefficient (Wildman–Crippen LogP) is 2.95. The predicted molar refractivity (Wildman–Crippen MR) is 89.2 cm³/mol. The van der Waals surface area contributed by atoms with Gasteiger partial charge in [-0.1, -0.05) is 54.6 Å². The lowest BCUT2D eigenvalue weighted by atomic mass is 10.1. The third-order valence-electron chi connectivity index (χ3n) is 3.31. The van der Waals surface area contributed by atoms with E-state index < -0.39 is 6.10 Å². The van der Waals surface area contributed by atoms with Crippen LogP contribution in [0.3, 0.4) is 0 Å². The largest absolute Gasteiger partial charge is 0.391 e.